The van der Waals surface area contributed by atoms with E-state index < -0.39 is 6.61 Å². The van der Waals surface area contributed by atoms with Gasteiger partial charge in [0, 0.05) is 16.6 Å². The molecule has 0 unspecified atom stereocenters. The molecule has 1 N–H and O–H groups in total. The van der Waals surface area contributed by atoms with Gasteiger partial charge in [-0.25, -0.2) is 4.98 Å². The van der Waals surface area contributed by atoms with Crippen molar-refractivity contribution in [2.75, 3.05) is 19.5 Å². The van der Waals surface area contributed by atoms with Crippen LogP contribution in [0.1, 0.15) is 10.4 Å². The summed E-state index contributed by atoms with van der Waals surface area (Å²) < 4.78 is 39.7. The number of alkyl halides is 2. The van der Waals surface area contributed by atoms with E-state index in [0.29, 0.717) is 39.3 Å². The molecule has 1 aromatic heterocycles. The van der Waals surface area contributed by atoms with E-state index in [1.165, 1.54) is 24.3 Å². The Morgan fingerprint density at radius 1 is 0.909 bits per heavy atom. The minimum atomic E-state index is -2.91. The second kappa shape index (κ2) is 9.52. The Balaban J connectivity index is 1.70. The quantitative estimate of drug-likeness (QED) is 0.387. The molecule has 0 fully saturated rings. The normalized spacial score (nSPS) is 10.8. The highest BCUT2D eigenvalue weighted by atomic mass is 19.3. The molecule has 168 valence electrons. The van der Waals surface area contributed by atoms with Gasteiger partial charge in [-0.05, 0) is 54.6 Å². The first-order chi connectivity index (χ1) is 16.0. The highest BCUT2D eigenvalue weighted by molar-refractivity contribution is 6.13. The zero-order valence-electron chi connectivity index (χ0n) is 17.8. The molecule has 0 saturated heterocycles. The van der Waals surface area contributed by atoms with Gasteiger partial charge in [-0.3, -0.25) is 4.79 Å². The lowest BCUT2D eigenvalue weighted by Gasteiger charge is -2.13. The molecule has 0 atom stereocenters. The number of anilines is 1. The number of hydrogen-bond acceptors (Lipinski definition) is 5. The van der Waals surface area contributed by atoms with Gasteiger partial charge in [-0.15, -0.1) is 0 Å². The van der Waals surface area contributed by atoms with Gasteiger partial charge in [0.25, 0.3) is 5.91 Å². The Morgan fingerprint density at radius 3 is 2.33 bits per heavy atom. The second-order valence-corrected chi connectivity index (χ2v) is 7.00. The van der Waals surface area contributed by atoms with Gasteiger partial charge in [-0.2, -0.15) is 8.78 Å². The largest absolute Gasteiger partial charge is 0.493 e. The molecule has 8 heteroatoms. The maximum absolute atomic E-state index is 13.2. The fourth-order valence-corrected chi connectivity index (χ4v) is 3.42. The van der Waals surface area contributed by atoms with E-state index in [4.69, 9.17) is 14.5 Å². The molecule has 4 aromatic rings. The molecule has 0 spiro atoms. The van der Waals surface area contributed by atoms with Crippen LogP contribution in [0.25, 0.3) is 22.2 Å². The number of benzene rings is 3. The van der Waals surface area contributed by atoms with Crippen LogP contribution >= 0.6 is 0 Å². The predicted molar refractivity (Wildman–Crippen MR) is 121 cm³/mol. The van der Waals surface area contributed by atoms with Crippen LogP contribution in [0.2, 0.25) is 0 Å². The summed E-state index contributed by atoms with van der Waals surface area (Å²) in [6, 6.07) is 20.1. The SMILES string of the molecule is COc1ccc(-c2cc(C(=O)Nc3ccc(OC(F)F)cc3)c3ccccc3n2)cc1OC. The minimum Gasteiger partial charge on any atom is -0.493 e. The standard InChI is InChI=1S/C25H20F2N2O4/c1-31-22-12-7-15(13-23(22)32-2)21-14-19(18-5-3-4-6-20(18)29-21)24(30)28-16-8-10-17(11-9-16)33-25(26)27/h3-14,25H,1-2H3,(H,28,30). The number of hydrogen-bond donors (Lipinski definition) is 1. The first kappa shape index (κ1) is 22.0. The molecule has 0 saturated carbocycles. The van der Waals surface area contributed by atoms with Crippen LogP contribution in [0.5, 0.6) is 17.2 Å². The third-order valence-electron chi connectivity index (χ3n) is 4.98. The summed E-state index contributed by atoms with van der Waals surface area (Å²) in [5, 5.41) is 3.47. The highest BCUT2D eigenvalue weighted by Crippen LogP contribution is 2.33. The molecule has 33 heavy (non-hydrogen) atoms. The Bertz CT molecular complexity index is 1290. The third kappa shape index (κ3) is 4.85. The lowest BCUT2D eigenvalue weighted by atomic mass is 10.0. The van der Waals surface area contributed by atoms with Gasteiger partial charge in [0.2, 0.25) is 0 Å². The molecular weight excluding hydrogens is 430 g/mol. The molecule has 3 aromatic carbocycles. The Hall–Kier alpha value is -4.20. The summed E-state index contributed by atoms with van der Waals surface area (Å²) in [5.41, 5.74) is 2.84. The number of aromatic nitrogens is 1. The van der Waals surface area contributed by atoms with E-state index in [1.807, 2.05) is 30.3 Å². The number of pyridine rings is 1. The van der Waals surface area contributed by atoms with Crippen LogP contribution in [0.3, 0.4) is 0 Å². The van der Waals surface area contributed by atoms with Gasteiger partial charge >= 0.3 is 6.61 Å². The van der Waals surface area contributed by atoms with Crippen LogP contribution in [-0.4, -0.2) is 31.7 Å². The summed E-state index contributed by atoms with van der Waals surface area (Å²) in [6.07, 6.45) is 0. The minimum absolute atomic E-state index is 0.00750. The number of carbonyl (C=O) groups excluding carboxylic acids is 1. The van der Waals surface area contributed by atoms with E-state index in [-0.39, 0.29) is 11.7 Å². The second-order valence-electron chi connectivity index (χ2n) is 7.00. The van der Waals surface area contributed by atoms with E-state index in [0.717, 1.165) is 5.56 Å². The Kier molecular flexibility index (Phi) is 6.35. The molecular formula is C25H20F2N2O4. The van der Waals surface area contributed by atoms with Crippen molar-refractivity contribution < 1.29 is 27.8 Å². The summed E-state index contributed by atoms with van der Waals surface area (Å²) in [5.74, 6) is 0.771. The number of rotatable bonds is 7. The number of methoxy groups -OCH3 is 2. The summed E-state index contributed by atoms with van der Waals surface area (Å²) in [6.45, 7) is -2.91. The lowest BCUT2D eigenvalue weighted by Crippen LogP contribution is -2.13. The zero-order chi connectivity index (χ0) is 23.4. The topological polar surface area (TPSA) is 69.7 Å². The van der Waals surface area contributed by atoms with Crippen molar-refractivity contribution in [1.29, 1.82) is 0 Å². The third-order valence-corrected chi connectivity index (χ3v) is 4.98. The molecule has 4 rings (SSSR count). The molecule has 0 aliphatic carbocycles. The van der Waals surface area contributed by atoms with E-state index in [1.54, 1.807) is 32.4 Å². The molecule has 0 bridgehead atoms. The monoisotopic (exact) mass is 450 g/mol. The smallest absolute Gasteiger partial charge is 0.387 e. The Morgan fingerprint density at radius 2 is 1.64 bits per heavy atom. The number of fused-ring (bicyclic) bond motifs is 1. The average molecular weight is 450 g/mol. The van der Waals surface area contributed by atoms with Crippen molar-refractivity contribution in [2.24, 2.45) is 0 Å². The van der Waals surface area contributed by atoms with Gasteiger partial charge in [-0.1, -0.05) is 18.2 Å². The average Bonchev–Trinajstić information content (AvgIpc) is 2.83. The zero-order valence-corrected chi connectivity index (χ0v) is 17.8. The van der Waals surface area contributed by atoms with Crippen molar-refractivity contribution in [3.63, 3.8) is 0 Å². The molecule has 0 aliphatic rings. The van der Waals surface area contributed by atoms with Crippen molar-refractivity contribution >= 4 is 22.5 Å². The number of amides is 1. The number of nitrogens with one attached hydrogen (secondary N) is 1. The summed E-state index contributed by atoms with van der Waals surface area (Å²) >= 11 is 0. The maximum Gasteiger partial charge on any atom is 0.387 e. The lowest BCUT2D eigenvalue weighted by molar-refractivity contribution is -0.0498. The molecule has 6 nitrogen and oxygen atoms in total. The van der Waals surface area contributed by atoms with Gasteiger partial charge < -0.3 is 19.5 Å². The fraction of sp³-hybridized carbons (Fsp3) is 0.120. The van der Waals surface area contributed by atoms with Crippen LogP contribution in [0, 0.1) is 0 Å². The number of nitrogens with zero attached hydrogens (tertiary/aromatic N) is 1. The van der Waals surface area contributed by atoms with Crippen LogP contribution in [-0.2, 0) is 0 Å². The van der Waals surface area contributed by atoms with Crippen molar-refractivity contribution in [1.82, 2.24) is 4.98 Å². The number of halogens is 2. The summed E-state index contributed by atoms with van der Waals surface area (Å²) in [4.78, 5) is 17.9. The molecule has 0 aliphatic heterocycles. The molecule has 1 amide bonds. The predicted octanol–water partition coefficient (Wildman–Crippen LogP) is 5.77. The fourth-order valence-electron chi connectivity index (χ4n) is 3.42. The first-order valence-electron chi connectivity index (χ1n) is 9.97. The van der Waals surface area contributed by atoms with Crippen molar-refractivity contribution in [3.8, 4) is 28.5 Å². The highest BCUT2D eigenvalue weighted by Gasteiger charge is 2.16. The Labute approximate surface area is 188 Å². The summed E-state index contributed by atoms with van der Waals surface area (Å²) in [7, 11) is 3.10. The molecule has 1 heterocycles. The van der Waals surface area contributed by atoms with E-state index in [2.05, 4.69) is 10.1 Å². The number of carbonyl (C=O) groups is 1. The number of para-hydroxylation sites is 1. The van der Waals surface area contributed by atoms with Crippen LogP contribution in [0.4, 0.5) is 14.5 Å². The van der Waals surface area contributed by atoms with Gasteiger partial charge in [0.15, 0.2) is 11.5 Å². The van der Waals surface area contributed by atoms with Crippen molar-refractivity contribution in [2.45, 2.75) is 6.61 Å². The van der Waals surface area contributed by atoms with Crippen LogP contribution < -0.4 is 19.5 Å². The maximum atomic E-state index is 13.2. The van der Waals surface area contributed by atoms with Crippen LogP contribution in [0.15, 0.2) is 72.8 Å². The van der Waals surface area contributed by atoms with Gasteiger partial charge in [0.1, 0.15) is 5.75 Å². The number of ether oxygens (including phenoxy) is 3. The first-order valence-corrected chi connectivity index (χ1v) is 9.97. The van der Waals surface area contributed by atoms with E-state index >= 15 is 0 Å². The molecule has 0 radical (unpaired) electrons. The van der Waals surface area contributed by atoms with Gasteiger partial charge in [0.05, 0.1) is 31.0 Å². The van der Waals surface area contributed by atoms with E-state index in [9.17, 15) is 13.6 Å². The van der Waals surface area contributed by atoms with Crippen molar-refractivity contribution in [3.05, 3.63) is 78.4 Å².